The zero-order valence-corrected chi connectivity index (χ0v) is 8.78. The Morgan fingerprint density at radius 1 is 1.73 bits per heavy atom. The normalized spacial score (nSPS) is 23.1. The van der Waals surface area contributed by atoms with Crippen LogP contribution in [0.15, 0.2) is 12.4 Å². The highest BCUT2D eigenvalue weighted by molar-refractivity contribution is 4.94. The van der Waals surface area contributed by atoms with Gasteiger partial charge in [-0.2, -0.15) is 0 Å². The van der Waals surface area contributed by atoms with Crippen LogP contribution in [0.3, 0.4) is 0 Å². The summed E-state index contributed by atoms with van der Waals surface area (Å²) in [5.74, 6) is 6.40. The molecule has 15 heavy (non-hydrogen) atoms. The minimum Gasteiger partial charge on any atom is -0.378 e. The molecule has 1 aliphatic heterocycles. The molecule has 5 nitrogen and oxygen atoms in total. The summed E-state index contributed by atoms with van der Waals surface area (Å²) in [7, 11) is 0. The van der Waals surface area contributed by atoms with Crippen molar-refractivity contribution in [1.82, 2.24) is 15.4 Å². The fourth-order valence-corrected chi connectivity index (χ4v) is 1.99. The second kappa shape index (κ2) is 5.25. The Hall–Kier alpha value is -0.910. The van der Waals surface area contributed by atoms with E-state index in [2.05, 4.69) is 15.4 Å². The minimum atomic E-state index is 0.101. The second-order valence-corrected chi connectivity index (χ2v) is 3.91. The Bertz CT molecular complexity index is 269. The van der Waals surface area contributed by atoms with Crippen molar-refractivity contribution in [2.24, 2.45) is 5.84 Å². The first kappa shape index (κ1) is 10.6. The van der Waals surface area contributed by atoms with Crippen molar-refractivity contribution in [2.45, 2.75) is 37.8 Å². The maximum Gasteiger partial charge on any atom is 0.124 e. The van der Waals surface area contributed by atoms with Crippen LogP contribution in [0.4, 0.5) is 0 Å². The summed E-state index contributed by atoms with van der Waals surface area (Å²) >= 11 is 0. The average Bonchev–Trinajstić information content (AvgIpc) is 2.90. The third kappa shape index (κ3) is 2.77. The van der Waals surface area contributed by atoms with Gasteiger partial charge in [0.05, 0.1) is 12.1 Å². The van der Waals surface area contributed by atoms with Gasteiger partial charge in [0.15, 0.2) is 0 Å². The molecule has 0 bridgehead atoms. The molecule has 4 N–H and O–H groups in total. The molecule has 84 valence electrons. The van der Waals surface area contributed by atoms with Gasteiger partial charge in [-0.05, 0) is 25.7 Å². The lowest BCUT2D eigenvalue weighted by atomic mass is 10.1. The van der Waals surface area contributed by atoms with Gasteiger partial charge in [0.1, 0.15) is 5.82 Å². The number of nitrogens with one attached hydrogen (secondary N) is 2. The fraction of sp³-hybridized carbons (Fsp3) is 0.700. The highest BCUT2D eigenvalue weighted by Gasteiger charge is 2.19. The third-order valence-corrected chi connectivity index (χ3v) is 2.85. The molecule has 1 aromatic heterocycles. The van der Waals surface area contributed by atoms with Crippen LogP contribution in [0.2, 0.25) is 0 Å². The first-order valence-corrected chi connectivity index (χ1v) is 5.47. The van der Waals surface area contributed by atoms with Crippen LogP contribution in [-0.4, -0.2) is 22.7 Å². The minimum absolute atomic E-state index is 0.101. The number of ether oxygens (including phenoxy) is 1. The van der Waals surface area contributed by atoms with E-state index >= 15 is 0 Å². The van der Waals surface area contributed by atoms with Crippen molar-refractivity contribution in [3.8, 4) is 0 Å². The lowest BCUT2D eigenvalue weighted by molar-refractivity contribution is 0.0993. The molecule has 0 aliphatic carbocycles. The first-order chi connectivity index (χ1) is 7.40. The van der Waals surface area contributed by atoms with Crippen molar-refractivity contribution < 1.29 is 4.74 Å². The number of rotatable bonds is 5. The van der Waals surface area contributed by atoms with Crippen molar-refractivity contribution >= 4 is 0 Å². The second-order valence-electron chi connectivity index (χ2n) is 3.91. The standard InChI is InChI=1S/C10H18N4O/c11-14-9(10-12-5-6-13-10)4-3-8-2-1-7-15-8/h5-6,8-9,14H,1-4,7,11H2,(H,12,13). The van der Waals surface area contributed by atoms with Gasteiger partial charge in [-0.1, -0.05) is 0 Å². The van der Waals surface area contributed by atoms with E-state index in [0.717, 1.165) is 25.3 Å². The van der Waals surface area contributed by atoms with Gasteiger partial charge in [0.2, 0.25) is 0 Å². The molecule has 2 rings (SSSR count). The van der Waals surface area contributed by atoms with Crippen LogP contribution in [0, 0.1) is 0 Å². The predicted molar refractivity (Wildman–Crippen MR) is 56.9 cm³/mol. The Labute approximate surface area is 89.4 Å². The van der Waals surface area contributed by atoms with Gasteiger partial charge in [-0.3, -0.25) is 5.84 Å². The molecule has 2 unspecified atom stereocenters. The maximum absolute atomic E-state index is 5.57. The van der Waals surface area contributed by atoms with Crippen molar-refractivity contribution in [3.05, 3.63) is 18.2 Å². The average molecular weight is 210 g/mol. The molecule has 0 amide bonds. The van der Waals surface area contributed by atoms with E-state index in [-0.39, 0.29) is 6.04 Å². The monoisotopic (exact) mass is 210 g/mol. The number of H-pyrrole nitrogens is 1. The molecule has 2 heterocycles. The van der Waals surface area contributed by atoms with E-state index in [1.165, 1.54) is 12.8 Å². The van der Waals surface area contributed by atoms with E-state index in [9.17, 15) is 0 Å². The van der Waals surface area contributed by atoms with Gasteiger partial charge < -0.3 is 9.72 Å². The highest BCUT2D eigenvalue weighted by Crippen LogP contribution is 2.21. The van der Waals surface area contributed by atoms with Crippen molar-refractivity contribution in [1.29, 1.82) is 0 Å². The summed E-state index contributed by atoms with van der Waals surface area (Å²) in [6, 6.07) is 0.101. The van der Waals surface area contributed by atoms with Crippen LogP contribution in [0.5, 0.6) is 0 Å². The molecular weight excluding hydrogens is 192 g/mol. The summed E-state index contributed by atoms with van der Waals surface area (Å²) in [5.41, 5.74) is 2.78. The van der Waals surface area contributed by atoms with E-state index in [1.807, 2.05) is 6.20 Å². The van der Waals surface area contributed by atoms with Gasteiger partial charge in [0, 0.05) is 19.0 Å². The number of imidazole rings is 1. The maximum atomic E-state index is 5.57. The SMILES string of the molecule is NNC(CCC1CCCO1)c1ncc[nH]1. The van der Waals surface area contributed by atoms with E-state index in [1.54, 1.807) is 6.20 Å². The summed E-state index contributed by atoms with van der Waals surface area (Å²) in [6.07, 6.45) is 8.32. The van der Waals surface area contributed by atoms with Crippen LogP contribution in [0.1, 0.15) is 37.5 Å². The Kier molecular flexibility index (Phi) is 3.71. The van der Waals surface area contributed by atoms with Gasteiger partial charge in [-0.25, -0.2) is 10.4 Å². The Morgan fingerprint density at radius 3 is 3.27 bits per heavy atom. The topological polar surface area (TPSA) is 76.0 Å². The molecule has 1 aromatic rings. The summed E-state index contributed by atoms with van der Waals surface area (Å²) in [6.45, 7) is 0.909. The number of hydrogen-bond acceptors (Lipinski definition) is 4. The summed E-state index contributed by atoms with van der Waals surface area (Å²) < 4.78 is 5.57. The van der Waals surface area contributed by atoms with Gasteiger partial charge >= 0.3 is 0 Å². The van der Waals surface area contributed by atoms with Crippen molar-refractivity contribution in [3.63, 3.8) is 0 Å². The molecule has 2 atom stereocenters. The Morgan fingerprint density at radius 2 is 2.67 bits per heavy atom. The van der Waals surface area contributed by atoms with Crippen LogP contribution >= 0.6 is 0 Å². The zero-order chi connectivity index (χ0) is 10.5. The zero-order valence-electron chi connectivity index (χ0n) is 8.78. The highest BCUT2D eigenvalue weighted by atomic mass is 16.5. The third-order valence-electron chi connectivity index (χ3n) is 2.85. The molecule has 0 spiro atoms. The molecule has 1 aliphatic rings. The van der Waals surface area contributed by atoms with Crippen molar-refractivity contribution in [2.75, 3.05) is 6.61 Å². The largest absolute Gasteiger partial charge is 0.378 e. The summed E-state index contributed by atoms with van der Waals surface area (Å²) in [5, 5.41) is 0. The number of aromatic nitrogens is 2. The van der Waals surface area contributed by atoms with Crippen LogP contribution in [0.25, 0.3) is 0 Å². The lowest BCUT2D eigenvalue weighted by Crippen LogP contribution is -2.29. The molecule has 1 fully saturated rings. The summed E-state index contributed by atoms with van der Waals surface area (Å²) in [4.78, 5) is 7.26. The molecule has 0 saturated carbocycles. The number of nitrogens with zero attached hydrogens (tertiary/aromatic N) is 1. The molecule has 5 heteroatoms. The van der Waals surface area contributed by atoms with E-state index < -0.39 is 0 Å². The molecule has 1 saturated heterocycles. The number of hydrazine groups is 1. The molecule has 0 radical (unpaired) electrons. The first-order valence-electron chi connectivity index (χ1n) is 5.47. The molecule has 0 aromatic carbocycles. The van der Waals surface area contributed by atoms with E-state index in [0.29, 0.717) is 6.10 Å². The molecular formula is C10H18N4O. The number of hydrogen-bond donors (Lipinski definition) is 3. The van der Waals surface area contributed by atoms with Crippen LogP contribution < -0.4 is 11.3 Å². The number of nitrogens with two attached hydrogens (primary N) is 1. The van der Waals surface area contributed by atoms with Gasteiger partial charge in [0.25, 0.3) is 0 Å². The smallest absolute Gasteiger partial charge is 0.124 e. The predicted octanol–water partition coefficient (Wildman–Crippen LogP) is 0.873. The van der Waals surface area contributed by atoms with E-state index in [4.69, 9.17) is 10.6 Å². The van der Waals surface area contributed by atoms with Gasteiger partial charge in [-0.15, -0.1) is 0 Å². The lowest BCUT2D eigenvalue weighted by Gasteiger charge is -2.15. The quantitative estimate of drug-likeness (QED) is 0.498. The number of aromatic amines is 1. The fourth-order valence-electron chi connectivity index (χ4n) is 1.99. The Balaban J connectivity index is 1.80. The van der Waals surface area contributed by atoms with Crippen LogP contribution in [-0.2, 0) is 4.74 Å².